The first-order chi connectivity index (χ1) is 8.72. The molecule has 0 saturated carbocycles. The van der Waals surface area contributed by atoms with Gasteiger partial charge in [-0.15, -0.1) is 0 Å². The van der Waals surface area contributed by atoms with Crippen LogP contribution in [0.25, 0.3) is 5.65 Å². The predicted octanol–water partition coefficient (Wildman–Crippen LogP) is 1.85. The molecule has 0 aliphatic carbocycles. The van der Waals surface area contributed by atoms with Crippen LogP contribution in [0.1, 0.15) is 24.6 Å². The Morgan fingerprint density at radius 1 is 1.28 bits per heavy atom. The van der Waals surface area contributed by atoms with Gasteiger partial charge in [-0.3, -0.25) is 4.90 Å². The maximum absolute atomic E-state index is 9.05. The molecule has 18 heavy (non-hydrogen) atoms. The summed E-state index contributed by atoms with van der Waals surface area (Å²) in [5, 5.41) is 9.05. The Kier molecular flexibility index (Phi) is 4.33. The molecule has 0 aromatic carbocycles. The lowest BCUT2D eigenvalue weighted by Gasteiger charge is -2.18. The van der Waals surface area contributed by atoms with Crippen LogP contribution < -0.4 is 0 Å². The minimum atomic E-state index is 0.201. The molecular weight excluding hydrogens is 226 g/mol. The van der Waals surface area contributed by atoms with E-state index in [1.54, 1.807) is 0 Å². The summed E-state index contributed by atoms with van der Waals surface area (Å²) in [5.41, 5.74) is 3.27. The van der Waals surface area contributed by atoms with E-state index in [4.69, 9.17) is 5.11 Å². The molecule has 2 rings (SSSR count). The van der Waals surface area contributed by atoms with Gasteiger partial charge >= 0.3 is 0 Å². The lowest BCUT2D eigenvalue weighted by atomic mass is 10.3. The molecule has 4 nitrogen and oxygen atoms in total. The van der Waals surface area contributed by atoms with Gasteiger partial charge in [-0.1, -0.05) is 13.0 Å². The van der Waals surface area contributed by atoms with Crippen LogP contribution in [0.2, 0.25) is 0 Å². The van der Waals surface area contributed by atoms with Crippen molar-refractivity contribution in [3.63, 3.8) is 0 Å². The highest BCUT2D eigenvalue weighted by molar-refractivity contribution is 5.41. The van der Waals surface area contributed by atoms with Crippen molar-refractivity contribution in [1.82, 2.24) is 14.3 Å². The molecule has 0 atom stereocenters. The maximum Gasteiger partial charge on any atom is 0.137 e. The van der Waals surface area contributed by atoms with Crippen molar-refractivity contribution in [1.29, 1.82) is 0 Å². The van der Waals surface area contributed by atoms with Crippen molar-refractivity contribution in [3.8, 4) is 0 Å². The van der Waals surface area contributed by atoms with E-state index < -0.39 is 0 Å². The van der Waals surface area contributed by atoms with Crippen LogP contribution >= 0.6 is 0 Å². The standard InChI is InChI=1S/C14H21N3O/c1-3-6-16(7-8-18)10-13-11-17-9-12(2)4-5-14(17)15-13/h4-5,9,11,18H,3,6-8,10H2,1-2H3. The van der Waals surface area contributed by atoms with Crippen molar-refractivity contribution in [2.24, 2.45) is 0 Å². The third-order valence-corrected chi connectivity index (χ3v) is 2.99. The van der Waals surface area contributed by atoms with Crippen LogP contribution in [0.3, 0.4) is 0 Å². The number of pyridine rings is 1. The van der Waals surface area contributed by atoms with E-state index in [0.717, 1.165) is 30.9 Å². The largest absolute Gasteiger partial charge is 0.395 e. The summed E-state index contributed by atoms with van der Waals surface area (Å²) in [6, 6.07) is 4.11. The Morgan fingerprint density at radius 3 is 2.83 bits per heavy atom. The van der Waals surface area contributed by atoms with Crippen LogP contribution in [-0.2, 0) is 6.54 Å². The third kappa shape index (κ3) is 3.09. The number of aliphatic hydroxyl groups is 1. The van der Waals surface area contributed by atoms with E-state index >= 15 is 0 Å². The summed E-state index contributed by atoms with van der Waals surface area (Å²) in [6.45, 7) is 6.93. The molecule has 0 unspecified atom stereocenters. The zero-order chi connectivity index (χ0) is 13.0. The van der Waals surface area contributed by atoms with Crippen molar-refractivity contribution >= 4 is 5.65 Å². The number of hydrogen-bond acceptors (Lipinski definition) is 3. The van der Waals surface area contributed by atoms with E-state index in [-0.39, 0.29) is 6.61 Å². The lowest BCUT2D eigenvalue weighted by Crippen LogP contribution is -2.27. The second kappa shape index (κ2) is 5.98. The number of hydrogen-bond donors (Lipinski definition) is 1. The summed E-state index contributed by atoms with van der Waals surface area (Å²) in [4.78, 5) is 6.83. The summed E-state index contributed by atoms with van der Waals surface area (Å²) in [5.74, 6) is 0. The number of aromatic nitrogens is 2. The molecule has 0 aliphatic heterocycles. The first kappa shape index (κ1) is 13.1. The van der Waals surface area contributed by atoms with Gasteiger partial charge in [0.15, 0.2) is 0 Å². The number of aryl methyl sites for hydroxylation is 1. The van der Waals surface area contributed by atoms with Crippen LogP contribution in [0.4, 0.5) is 0 Å². The SMILES string of the molecule is CCCN(CCO)Cc1cn2cc(C)ccc2n1. The number of rotatable bonds is 6. The van der Waals surface area contributed by atoms with E-state index in [9.17, 15) is 0 Å². The predicted molar refractivity (Wildman–Crippen MR) is 72.6 cm³/mol. The normalized spacial score (nSPS) is 11.6. The molecule has 0 bridgehead atoms. The van der Waals surface area contributed by atoms with Gasteiger partial charge in [-0.05, 0) is 31.5 Å². The highest BCUT2D eigenvalue weighted by Crippen LogP contribution is 2.09. The number of aliphatic hydroxyl groups excluding tert-OH is 1. The smallest absolute Gasteiger partial charge is 0.137 e. The van der Waals surface area contributed by atoms with E-state index in [1.807, 2.05) is 6.07 Å². The van der Waals surface area contributed by atoms with E-state index in [1.165, 1.54) is 5.56 Å². The van der Waals surface area contributed by atoms with Crippen LogP contribution in [-0.4, -0.2) is 39.1 Å². The minimum Gasteiger partial charge on any atom is -0.395 e. The fourth-order valence-electron chi connectivity index (χ4n) is 2.19. The molecule has 0 spiro atoms. The topological polar surface area (TPSA) is 40.8 Å². The summed E-state index contributed by atoms with van der Waals surface area (Å²) in [6.07, 6.45) is 5.25. The molecule has 0 saturated heterocycles. The van der Waals surface area contributed by atoms with Crippen molar-refractivity contribution < 1.29 is 5.11 Å². The summed E-state index contributed by atoms with van der Waals surface area (Å²) < 4.78 is 2.06. The lowest BCUT2D eigenvalue weighted by molar-refractivity contribution is 0.189. The fourth-order valence-corrected chi connectivity index (χ4v) is 2.19. The molecule has 4 heteroatoms. The average Bonchev–Trinajstić information content (AvgIpc) is 2.71. The van der Waals surface area contributed by atoms with Crippen LogP contribution in [0.5, 0.6) is 0 Å². The van der Waals surface area contributed by atoms with Gasteiger partial charge in [0.25, 0.3) is 0 Å². The highest BCUT2D eigenvalue weighted by atomic mass is 16.3. The fraction of sp³-hybridized carbons (Fsp3) is 0.500. The Bertz CT molecular complexity index is 501. The Morgan fingerprint density at radius 2 is 2.11 bits per heavy atom. The maximum atomic E-state index is 9.05. The zero-order valence-corrected chi connectivity index (χ0v) is 11.1. The van der Waals surface area contributed by atoms with Gasteiger partial charge in [0.05, 0.1) is 12.3 Å². The zero-order valence-electron chi connectivity index (χ0n) is 11.1. The van der Waals surface area contributed by atoms with Gasteiger partial charge in [0, 0.05) is 25.5 Å². The third-order valence-electron chi connectivity index (χ3n) is 2.99. The Hall–Kier alpha value is -1.39. The molecule has 0 amide bonds. The molecular formula is C14H21N3O. The molecule has 2 heterocycles. The second-order valence-corrected chi connectivity index (χ2v) is 4.70. The quantitative estimate of drug-likeness (QED) is 0.847. The second-order valence-electron chi connectivity index (χ2n) is 4.70. The van der Waals surface area contributed by atoms with Gasteiger partial charge in [0.1, 0.15) is 5.65 Å². The van der Waals surface area contributed by atoms with Crippen LogP contribution in [0, 0.1) is 6.92 Å². The molecule has 0 fully saturated rings. The average molecular weight is 247 g/mol. The first-order valence-corrected chi connectivity index (χ1v) is 6.50. The van der Waals surface area contributed by atoms with E-state index in [2.05, 4.69) is 46.6 Å². The minimum absolute atomic E-state index is 0.201. The van der Waals surface area contributed by atoms with Gasteiger partial charge in [-0.2, -0.15) is 0 Å². The molecule has 2 aromatic rings. The summed E-state index contributed by atoms with van der Waals surface area (Å²) in [7, 11) is 0. The van der Waals surface area contributed by atoms with Crippen molar-refractivity contribution in [2.75, 3.05) is 19.7 Å². The Labute approximate surface area is 108 Å². The van der Waals surface area contributed by atoms with Crippen molar-refractivity contribution in [3.05, 3.63) is 35.8 Å². The number of fused-ring (bicyclic) bond motifs is 1. The molecule has 0 aliphatic rings. The van der Waals surface area contributed by atoms with Gasteiger partial charge in [0.2, 0.25) is 0 Å². The highest BCUT2D eigenvalue weighted by Gasteiger charge is 2.07. The molecule has 0 radical (unpaired) electrons. The Balaban J connectivity index is 2.14. The molecule has 1 N–H and O–H groups in total. The monoisotopic (exact) mass is 247 g/mol. The molecule has 98 valence electrons. The molecule has 2 aromatic heterocycles. The van der Waals surface area contributed by atoms with Crippen LogP contribution in [0.15, 0.2) is 24.5 Å². The summed E-state index contributed by atoms with van der Waals surface area (Å²) >= 11 is 0. The first-order valence-electron chi connectivity index (χ1n) is 6.50. The van der Waals surface area contributed by atoms with Gasteiger partial charge < -0.3 is 9.51 Å². The van der Waals surface area contributed by atoms with E-state index in [0.29, 0.717) is 6.54 Å². The van der Waals surface area contributed by atoms with Gasteiger partial charge in [-0.25, -0.2) is 4.98 Å². The number of nitrogens with zero attached hydrogens (tertiary/aromatic N) is 3. The number of imidazole rings is 1. The van der Waals surface area contributed by atoms with Crippen molar-refractivity contribution in [2.45, 2.75) is 26.8 Å².